The molecule has 0 heterocycles. The number of carbonyl (C=O) groups excluding carboxylic acids is 2. The van der Waals surface area contributed by atoms with Crippen molar-refractivity contribution in [2.75, 3.05) is 0 Å². The largest absolute Gasteiger partial charge is 0.369 e. The van der Waals surface area contributed by atoms with E-state index >= 15 is 0 Å². The summed E-state index contributed by atoms with van der Waals surface area (Å²) in [6, 6.07) is 6.61. The van der Waals surface area contributed by atoms with Crippen molar-refractivity contribution in [2.45, 2.75) is 12.3 Å². The fourth-order valence-electron chi connectivity index (χ4n) is 1.35. The van der Waals surface area contributed by atoms with Gasteiger partial charge in [0.2, 0.25) is 11.8 Å². The Balaban J connectivity index is 2.99. The summed E-state index contributed by atoms with van der Waals surface area (Å²) in [7, 11) is 0. The molecule has 1 rings (SSSR count). The summed E-state index contributed by atoms with van der Waals surface area (Å²) >= 11 is 5.89. The highest BCUT2D eigenvalue weighted by Crippen LogP contribution is 2.26. The molecule has 1 aromatic carbocycles. The minimum Gasteiger partial charge on any atom is -0.369 e. The first kappa shape index (κ1) is 12.5. The van der Waals surface area contributed by atoms with Crippen LogP contribution in [0.3, 0.4) is 0 Å². The van der Waals surface area contributed by atoms with Crippen LogP contribution in [0.4, 0.5) is 0 Å². The SMILES string of the molecule is NC(=O)C(CC(=O)NO)c1ccccc1Cl. The van der Waals surface area contributed by atoms with Gasteiger partial charge < -0.3 is 5.73 Å². The highest BCUT2D eigenvalue weighted by Gasteiger charge is 2.23. The first-order chi connectivity index (χ1) is 7.56. The maximum Gasteiger partial charge on any atom is 0.244 e. The van der Waals surface area contributed by atoms with Gasteiger partial charge in [-0.2, -0.15) is 0 Å². The van der Waals surface area contributed by atoms with Crippen LogP contribution in [0.15, 0.2) is 24.3 Å². The van der Waals surface area contributed by atoms with Crippen LogP contribution in [0.25, 0.3) is 0 Å². The van der Waals surface area contributed by atoms with E-state index in [-0.39, 0.29) is 6.42 Å². The zero-order valence-corrected chi connectivity index (χ0v) is 9.07. The lowest BCUT2D eigenvalue weighted by molar-refractivity contribution is -0.132. The third-order valence-electron chi connectivity index (χ3n) is 2.14. The number of hydrogen-bond donors (Lipinski definition) is 3. The highest BCUT2D eigenvalue weighted by molar-refractivity contribution is 6.31. The maximum absolute atomic E-state index is 11.2. The molecule has 0 aromatic heterocycles. The lowest BCUT2D eigenvalue weighted by atomic mass is 9.95. The van der Waals surface area contributed by atoms with Gasteiger partial charge in [0.15, 0.2) is 0 Å². The number of hydroxylamine groups is 1. The van der Waals surface area contributed by atoms with Gasteiger partial charge in [-0.1, -0.05) is 29.8 Å². The molecule has 1 unspecified atom stereocenters. The van der Waals surface area contributed by atoms with Crippen molar-refractivity contribution in [2.24, 2.45) is 5.73 Å². The van der Waals surface area contributed by atoms with Crippen LogP contribution in [-0.2, 0) is 9.59 Å². The molecule has 0 radical (unpaired) electrons. The van der Waals surface area contributed by atoms with Crippen LogP contribution in [0.5, 0.6) is 0 Å². The van der Waals surface area contributed by atoms with Crippen LogP contribution in [-0.4, -0.2) is 17.0 Å². The molecule has 0 spiro atoms. The minimum atomic E-state index is -0.846. The number of rotatable bonds is 4. The number of halogens is 1. The number of hydrogen-bond acceptors (Lipinski definition) is 3. The Hall–Kier alpha value is -1.59. The average molecular weight is 243 g/mol. The normalized spacial score (nSPS) is 11.9. The molecule has 1 aromatic rings. The minimum absolute atomic E-state index is 0.241. The molecule has 86 valence electrons. The van der Waals surface area contributed by atoms with Gasteiger partial charge in [-0.3, -0.25) is 14.8 Å². The molecule has 0 aliphatic carbocycles. The Bertz CT molecular complexity index is 409. The molecule has 0 aliphatic heterocycles. The molecule has 16 heavy (non-hydrogen) atoms. The summed E-state index contributed by atoms with van der Waals surface area (Å²) < 4.78 is 0. The Morgan fingerprint density at radius 1 is 1.44 bits per heavy atom. The fourth-order valence-corrected chi connectivity index (χ4v) is 1.62. The van der Waals surface area contributed by atoms with E-state index in [1.54, 1.807) is 24.3 Å². The van der Waals surface area contributed by atoms with Crippen LogP contribution >= 0.6 is 11.6 Å². The van der Waals surface area contributed by atoms with Gasteiger partial charge >= 0.3 is 0 Å². The van der Waals surface area contributed by atoms with Gasteiger partial charge in [-0.25, -0.2) is 5.48 Å². The Morgan fingerprint density at radius 2 is 2.06 bits per heavy atom. The summed E-state index contributed by atoms with van der Waals surface area (Å²) in [5, 5.41) is 8.76. The quantitative estimate of drug-likeness (QED) is 0.539. The number of primary amides is 1. The van der Waals surface area contributed by atoms with E-state index in [9.17, 15) is 9.59 Å². The Morgan fingerprint density at radius 3 is 2.56 bits per heavy atom. The second-order valence-electron chi connectivity index (χ2n) is 3.22. The van der Waals surface area contributed by atoms with Gasteiger partial charge in [0.1, 0.15) is 0 Å². The monoisotopic (exact) mass is 242 g/mol. The van der Waals surface area contributed by atoms with Crippen molar-refractivity contribution in [3.8, 4) is 0 Å². The smallest absolute Gasteiger partial charge is 0.244 e. The number of nitrogens with one attached hydrogen (secondary N) is 1. The number of carbonyl (C=O) groups is 2. The van der Waals surface area contributed by atoms with Gasteiger partial charge in [0.25, 0.3) is 0 Å². The topological polar surface area (TPSA) is 92.4 Å². The molecule has 5 nitrogen and oxygen atoms in total. The molecule has 0 saturated carbocycles. The molecule has 0 aliphatic rings. The van der Waals surface area contributed by atoms with Crippen molar-refractivity contribution >= 4 is 23.4 Å². The summed E-state index contributed by atoms with van der Waals surface area (Å²) in [5.74, 6) is -2.21. The van der Waals surface area contributed by atoms with Crippen LogP contribution < -0.4 is 11.2 Å². The zero-order valence-electron chi connectivity index (χ0n) is 8.31. The molecule has 1 atom stereocenters. The highest BCUT2D eigenvalue weighted by atomic mass is 35.5. The van der Waals surface area contributed by atoms with E-state index in [0.29, 0.717) is 10.6 Å². The van der Waals surface area contributed by atoms with Gasteiger partial charge in [-0.05, 0) is 11.6 Å². The fraction of sp³-hybridized carbons (Fsp3) is 0.200. The van der Waals surface area contributed by atoms with Crippen molar-refractivity contribution < 1.29 is 14.8 Å². The number of benzene rings is 1. The lowest BCUT2D eigenvalue weighted by Crippen LogP contribution is -2.28. The third-order valence-corrected chi connectivity index (χ3v) is 2.48. The molecule has 0 bridgehead atoms. The predicted octanol–water partition coefficient (Wildman–Crippen LogP) is 0.804. The Labute approximate surface area is 97.2 Å². The Kier molecular flexibility index (Phi) is 4.28. The number of nitrogens with two attached hydrogens (primary N) is 1. The maximum atomic E-state index is 11.2. The standard InChI is InChI=1S/C10H11ClN2O3/c11-8-4-2-1-3-6(8)7(10(12)15)5-9(14)13-16/h1-4,7,16H,5H2,(H2,12,15)(H,13,14). The zero-order chi connectivity index (χ0) is 12.1. The van der Waals surface area contributed by atoms with Gasteiger partial charge in [0, 0.05) is 11.4 Å². The molecule has 6 heteroatoms. The summed E-state index contributed by atoms with van der Waals surface area (Å²) in [6.07, 6.45) is -0.241. The molecular formula is C10H11ClN2O3. The van der Waals surface area contributed by atoms with Crippen molar-refractivity contribution in [3.05, 3.63) is 34.9 Å². The summed E-state index contributed by atoms with van der Waals surface area (Å²) in [5.41, 5.74) is 7.10. The van der Waals surface area contributed by atoms with Crippen molar-refractivity contribution in [1.29, 1.82) is 0 Å². The predicted molar refractivity (Wildman–Crippen MR) is 57.9 cm³/mol. The number of amides is 2. The summed E-state index contributed by atoms with van der Waals surface area (Å²) in [6.45, 7) is 0. The van der Waals surface area contributed by atoms with E-state index in [0.717, 1.165) is 0 Å². The first-order valence-electron chi connectivity index (χ1n) is 4.53. The van der Waals surface area contributed by atoms with E-state index in [1.165, 1.54) is 5.48 Å². The van der Waals surface area contributed by atoms with E-state index in [1.807, 2.05) is 0 Å². The third kappa shape index (κ3) is 2.95. The van der Waals surface area contributed by atoms with Crippen molar-refractivity contribution in [3.63, 3.8) is 0 Å². The first-order valence-corrected chi connectivity index (χ1v) is 4.90. The molecular weight excluding hydrogens is 232 g/mol. The van der Waals surface area contributed by atoms with Crippen LogP contribution in [0, 0.1) is 0 Å². The van der Waals surface area contributed by atoms with Crippen LogP contribution in [0.1, 0.15) is 17.9 Å². The van der Waals surface area contributed by atoms with Gasteiger partial charge in [-0.15, -0.1) is 0 Å². The molecule has 0 fully saturated rings. The molecule has 4 N–H and O–H groups in total. The molecule has 2 amide bonds. The van der Waals surface area contributed by atoms with Gasteiger partial charge in [0.05, 0.1) is 5.92 Å². The van der Waals surface area contributed by atoms with Crippen molar-refractivity contribution in [1.82, 2.24) is 5.48 Å². The lowest BCUT2D eigenvalue weighted by Gasteiger charge is -2.13. The van der Waals surface area contributed by atoms with E-state index in [2.05, 4.69) is 0 Å². The second kappa shape index (κ2) is 5.48. The van der Waals surface area contributed by atoms with Crippen LogP contribution in [0.2, 0.25) is 5.02 Å². The molecule has 0 saturated heterocycles. The second-order valence-corrected chi connectivity index (χ2v) is 3.62. The average Bonchev–Trinajstić information content (AvgIpc) is 2.26. The van der Waals surface area contributed by atoms with E-state index in [4.69, 9.17) is 22.5 Å². The van der Waals surface area contributed by atoms with E-state index < -0.39 is 17.7 Å². The summed E-state index contributed by atoms with van der Waals surface area (Å²) in [4.78, 5) is 22.2.